The van der Waals surface area contributed by atoms with Gasteiger partial charge in [0.25, 0.3) is 0 Å². The van der Waals surface area contributed by atoms with Crippen molar-refractivity contribution in [2.24, 2.45) is 5.16 Å². The Kier molecular flexibility index (Phi) is 4.93. The van der Waals surface area contributed by atoms with Gasteiger partial charge in [0.15, 0.2) is 5.71 Å². The molecule has 0 saturated carbocycles. The summed E-state index contributed by atoms with van der Waals surface area (Å²) >= 11 is 0. The molecule has 0 radical (unpaired) electrons. The predicted molar refractivity (Wildman–Crippen MR) is 81.7 cm³/mol. The molecule has 0 N–H and O–H groups in total. The number of nitrogens with zero attached hydrogens (tertiary/aromatic N) is 1. The van der Waals surface area contributed by atoms with Crippen molar-refractivity contribution in [3.8, 4) is 0 Å². The van der Waals surface area contributed by atoms with Crippen LogP contribution in [0.3, 0.4) is 0 Å². The third-order valence-corrected chi connectivity index (χ3v) is 4.22. The normalized spacial score (nSPS) is 13.3. The Hall–Kier alpha value is -2.09. The minimum absolute atomic E-state index is 0.216. The van der Waals surface area contributed by atoms with Crippen LogP contribution < -0.4 is 0 Å². The minimum Gasteiger partial charge on any atom is -0.268 e. The first kappa shape index (κ1) is 17.3. The standard InChI is InChI=1S/C15H14F3NO3S/c1-2-10-23(20,21)22-19-14(15(16,17)18)13-9-5-7-11-6-3-4-8-12(11)13/h3-9H,2,10H2,1H3/b19-14-. The van der Waals surface area contributed by atoms with Gasteiger partial charge in [-0.2, -0.15) is 21.6 Å². The van der Waals surface area contributed by atoms with E-state index in [0.717, 1.165) is 0 Å². The van der Waals surface area contributed by atoms with Crippen LogP contribution in [0.15, 0.2) is 47.6 Å². The van der Waals surface area contributed by atoms with E-state index in [4.69, 9.17) is 0 Å². The fourth-order valence-electron chi connectivity index (χ4n) is 2.07. The van der Waals surface area contributed by atoms with Gasteiger partial charge in [0.1, 0.15) is 0 Å². The Balaban J connectivity index is 2.55. The minimum atomic E-state index is -4.86. The number of rotatable bonds is 5. The molecule has 0 heterocycles. The maximum Gasteiger partial charge on any atom is 0.437 e. The fraction of sp³-hybridized carbons (Fsp3) is 0.267. The van der Waals surface area contributed by atoms with Gasteiger partial charge in [-0.15, -0.1) is 0 Å². The van der Waals surface area contributed by atoms with E-state index in [0.29, 0.717) is 10.8 Å². The van der Waals surface area contributed by atoms with E-state index in [1.54, 1.807) is 31.2 Å². The molecule has 23 heavy (non-hydrogen) atoms. The largest absolute Gasteiger partial charge is 0.437 e. The van der Waals surface area contributed by atoms with Gasteiger partial charge in [-0.1, -0.05) is 54.5 Å². The molecule has 2 aromatic carbocycles. The summed E-state index contributed by atoms with van der Waals surface area (Å²) in [4.78, 5) is 0. The van der Waals surface area contributed by atoms with Crippen LogP contribution in [0.2, 0.25) is 0 Å². The molecule has 0 aliphatic rings. The van der Waals surface area contributed by atoms with Crippen LogP contribution in [-0.2, 0) is 14.4 Å². The summed E-state index contributed by atoms with van der Waals surface area (Å²) in [6, 6.07) is 10.8. The molecule has 0 unspecified atom stereocenters. The lowest BCUT2D eigenvalue weighted by Gasteiger charge is -2.12. The number of oxime groups is 1. The van der Waals surface area contributed by atoms with Crippen LogP contribution in [-0.4, -0.2) is 26.1 Å². The van der Waals surface area contributed by atoms with Crippen molar-refractivity contribution in [2.45, 2.75) is 19.5 Å². The van der Waals surface area contributed by atoms with Gasteiger partial charge in [0.2, 0.25) is 0 Å². The molecule has 0 aliphatic carbocycles. The molecule has 0 bridgehead atoms. The molecular weight excluding hydrogens is 331 g/mol. The highest BCUT2D eigenvalue weighted by Gasteiger charge is 2.39. The molecule has 4 nitrogen and oxygen atoms in total. The lowest BCUT2D eigenvalue weighted by Crippen LogP contribution is -2.25. The molecule has 0 amide bonds. The van der Waals surface area contributed by atoms with Crippen molar-refractivity contribution >= 4 is 26.6 Å². The number of benzene rings is 2. The zero-order valence-corrected chi connectivity index (χ0v) is 13.0. The summed E-state index contributed by atoms with van der Waals surface area (Å²) in [5.74, 6) is -0.406. The van der Waals surface area contributed by atoms with Crippen molar-refractivity contribution in [1.82, 2.24) is 0 Å². The highest BCUT2D eigenvalue weighted by atomic mass is 32.2. The van der Waals surface area contributed by atoms with Crippen LogP contribution in [0.4, 0.5) is 13.2 Å². The second kappa shape index (κ2) is 6.57. The Morgan fingerprint density at radius 1 is 1.13 bits per heavy atom. The molecular formula is C15H14F3NO3S. The highest BCUT2D eigenvalue weighted by molar-refractivity contribution is 7.86. The van der Waals surface area contributed by atoms with Crippen molar-refractivity contribution in [3.63, 3.8) is 0 Å². The maximum atomic E-state index is 13.3. The van der Waals surface area contributed by atoms with E-state index in [1.807, 2.05) is 0 Å². The predicted octanol–water partition coefficient (Wildman–Crippen LogP) is 3.86. The molecule has 0 aliphatic heterocycles. The van der Waals surface area contributed by atoms with E-state index < -0.39 is 27.8 Å². The molecule has 0 spiro atoms. The Morgan fingerprint density at radius 2 is 1.78 bits per heavy atom. The molecule has 0 fully saturated rings. The highest BCUT2D eigenvalue weighted by Crippen LogP contribution is 2.28. The fourth-order valence-corrected chi connectivity index (χ4v) is 2.83. The lowest BCUT2D eigenvalue weighted by atomic mass is 10.0. The smallest absolute Gasteiger partial charge is 0.268 e. The summed E-state index contributed by atoms with van der Waals surface area (Å²) in [6.07, 6.45) is -4.64. The first-order valence-electron chi connectivity index (χ1n) is 6.79. The van der Waals surface area contributed by atoms with Gasteiger partial charge in [-0.25, -0.2) is 0 Å². The topological polar surface area (TPSA) is 55.7 Å². The number of alkyl halides is 3. The zero-order chi connectivity index (χ0) is 17.1. The van der Waals surface area contributed by atoms with Gasteiger partial charge in [-0.3, -0.25) is 4.28 Å². The van der Waals surface area contributed by atoms with E-state index in [-0.39, 0.29) is 12.0 Å². The van der Waals surface area contributed by atoms with Crippen LogP contribution in [0, 0.1) is 0 Å². The molecule has 124 valence electrons. The lowest BCUT2D eigenvalue weighted by molar-refractivity contribution is -0.0596. The Morgan fingerprint density at radius 3 is 2.43 bits per heavy atom. The van der Waals surface area contributed by atoms with Crippen molar-refractivity contribution in [3.05, 3.63) is 48.0 Å². The van der Waals surface area contributed by atoms with Gasteiger partial charge in [0, 0.05) is 5.56 Å². The SMILES string of the molecule is CCCS(=O)(=O)O/N=C(/c1cccc2ccccc12)C(F)(F)F. The van der Waals surface area contributed by atoms with Crippen LogP contribution in [0.25, 0.3) is 10.8 Å². The summed E-state index contributed by atoms with van der Waals surface area (Å²) in [5, 5.41) is 3.80. The number of halogens is 3. The van der Waals surface area contributed by atoms with E-state index in [9.17, 15) is 21.6 Å². The molecule has 2 rings (SSSR count). The molecule has 2 aromatic rings. The molecule has 0 saturated heterocycles. The van der Waals surface area contributed by atoms with Gasteiger partial charge < -0.3 is 0 Å². The Bertz CT molecular complexity index is 824. The molecule has 0 aromatic heterocycles. The maximum absolute atomic E-state index is 13.3. The second-order valence-electron chi connectivity index (χ2n) is 4.80. The zero-order valence-electron chi connectivity index (χ0n) is 12.2. The average Bonchev–Trinajstić information content (AvgIpc) is 2.46. The van der Waals surface area contributed by atoms with Crippen molar-refractivity contribution < 1.29 is 25.9 Å². The molecule has 0 atom stereocenters. The van der Waals surface area contributed by atoms with Gasteiger partial charge in [-0.05, 0) is 17.2 Å². The second-order valence-corrected chi connectivity index (χ2v) is 6.47. The summed E-state index contributed by atoms with van der Waals surface area (Å²) in [7, 11) is -4.14. The van der Waals surface area contributed by atoms with Gasteiger partial charge >= 0.3 is 16.3 Å². The van der Waals surface area contributed by atoms with Crippen LogP contribution in [0.5, 0.6) is 0 Å². The molecule has 8 heteroatoms. The van der Waals surface area contributed by atoms with E-state index in [1.165, 1.54) is 18.2 Å². The Labute approximate surface area is 131 Å². The first-order chi connectivity index (χ1) is 10.7. The number of hydrogen-bond acceptors (Lipinski definition) is 4. The number of fused-ring (bicyclic) bond motifs is 1. The van der Waals surface area contributed by atoms with Crippen LogP contribution in [0.1, 0.15) is 18.9 Å². The monoisotopic (exact) mass is 345 g/mol. The van der Waals surface area contributed by atoms with Crippen LogP contribution >= 0.6 is 0 Å². The third-order valence-electron chi connectivity index (χ3n) is 3.01. The quantitative estimate of drug-likeness (QED) is 0.611. The van der Waals surface area contributed by atoms with Crippen molar-refractivity contribution in [1.29, 1.82) is 0 Å². The van der Waals surface area contributed by atoms with Crippen molar-refractivity contribution in [2.75, 3.05) is 5.75 Å². The summed E-state index contributed by atoms with van der Waals surface area (Å²) < 4.78 is 67.0. The first-order valence-corrected chi connectivity index (χ1v) is 8.37. The summed E-state index contributed by atoms with van der Waals surface area (Å²) in [5.41, 5.74) is -1.61. The number of hydrogen-bond donors (Lipinski definition) is 0. The summed E-state index contributed by atoms with van der Waals surface area (Å²) in [6.45, 7) is 1.57. The average molecular weight is 345 g/mol. The van der Waals surface area contributed by atoms with E-state index in [2.05, 4.69) is 9.44 Å². The van der Waals surface area contributed by atoms with E-state index >= 15 is 0 Å². The third kappa shape index (κ3) is 4.22. The van der Waals surface area contributed by atoms with Gasteiger partial charge in [0.05, 0.1) is 5.75 Å².